The molecule has 1 saturated heterocycles. The van der Waals surface area contributed by atoms with E-state index < -0.39 is 0 Å². The molecule has 2 heteroatoms. The molecule has 0 radical (unpaired) electrons. The zero-order chi connectivity index (χ0) is 11.8. The van der Waals surface area contributed by atoms with Crippen LogP contribution in [-0.2, 0) is 0 Å². The maximum absolute atomic E-state index is 2.74. The highest BCUT2D eigenvalue weighted by molar-refractivity contribution is 4.77. The predicted octanol–water partition coefficient (Wildman–Crippen LogP) is 2.98. The lowest BCUT2D eigenvalue weighted by molar-refractivity contribution is 0.154. The van der Waals surface area contributed by atoms with Gasteiger partial charge in [0.15, 0.2) is 0 Å². The van der Waals surface area contributed by atoms with E-state index in [2.05, 4.69) is 30.7 Å². The van der Waals surface area contributed by atoms with Gasteiger partial charge in [-0.1, -0.05) is 26.7 Å². The van der Waals surface area contributed by atoms with Gasteiger partial charge in [0.1, 0.15) is 0 Å². The van der Waals surface area contributed by atoms with Crippen molar-refractivity contribution < 1.29 is 0 Å². The lowest BCUT2D eigenvalue weighted by Gasteiger charge is -2.32. The van der Waals surface area contributed by atoms with Crippen LogP contribution < -0.4 is 0 Å². The minimum absolute atomic E-state index is 0.819. The quantitative estimate of drug-likeness (QED) is 0.687. The van der Waals surface area contributed by atoms with Crippen LogP contribution in [0.4, 0.5) is 0 Å². The maximum Gasteiger partial charge on any atom is 0.0223 e. The van der Waals surface area contributed by atoms with E-state index in [0.29, 0.717) is 0 Å². The van der Waals surface area contributed by atoms with Crippen molar-refractivity contribution in [2.24, 2.45) is 0 Å². The Balaban J connectivity index is 2.45. The second kappa shape index (κ2) is 8.08. The molecule has 16 heavy (non-hydrogen) atoms. The number of likely N-dealkylation sites (N-methyl/N-ethyl adjacent to an activating group) is 1. The third-order valence-corrected chi connectivity index (χ3v) is 3.68. The van der Waals surface area contributed by atoms with Gasteiger partial charge in [-0.25, -0.2) is 0 Å². The smallest absolute Gasteiger partial charge is 0.0223 e. The van der Waals surface area contributed by atoms with Crippen molar-refractivity contribution in [3.63, 3.8) is 0 Å². The highest BCUT2D eigenvalue weighted by Crippen LogP contribution is 2.16. The SMILES string of the molecule is CCCCN(CCC)C1CCCCN(C)C1. The molecule has 0 aromatic carbocycles. The summed E-state index contributed by atoms with van der Waals surface area (Å²) in [6, 6.07) is 0.819. The van der Waals surface area contributed by atoms with Crippen molar-refractivity contribution in [3.05, 3.63) is 0 Å². The van der Waals surface area contributed by atoms with E-state index in [1.807, 2.05) is 0 Å². The van der Waals surface area contributed by atoms with Crippen LogP contribution in [0.25, 0.3) is 0 Å². The molecule has 1 fully saturated rings. The summed E-state index contributed by atoms with van der Waals surface area (Å²) in [5.74, 6) is 0. The number of likely N-dealkylation sites (tertiary alicyclic amines) is 1. The fraction of sp³-hybridized carbons (Fsp3) is 1.00. The van der Waals surface area contributed by atoms with E-state index in [-0.39, 0.29) is 0 Å². The summed E-state index contributed by atoms with van der Waals surface area (Å²) >= 11 is 0. The van der Waals surface area contributed by atoms with Gasteiger partial charge < -0.3 is 4.90 Å². The van der Waals surface area contributed by atoms with Crippen molar-refractivity contribution in [2.75, 3.05) is 33.2 Å². The molecule has 1 heterocycles. The molecule has 0 bridgehead atoms. The van der Waals surface area contributed by atoms with E-state index in [1.54, 1.807) is 0 Å². The van der Waals surface area contributed by atoms with Crippen LogP contribution in [0.2, 0.25) is 0 Å². The van der Waals surface area contributed by atoms with Gasteiger partial charge in [0.2, 0.25) is 0 Å². The lowest BCUT2D eigenvalue weighted by atomic mass is 10.1. The van der Waals surface area contributed by atoms with Gasteiger partial charge in [-0.2, -0.15) is 0 Å². The van der Waals surface area contributed by atoms with Crippen molar-refractivity contribution in [1.82, 2.24) is 9.80 Å². The van der Waals surface area contributed by atoms with Crippen molar-refractivity contribution in [2.45, 2.75) is 58.4 Å². The van der Waals surface area contributed by atoms with E-state index >= 15 is 0 Å². The van der Waals surface area contributed by atoms with Crippen LogP contribution in [0.1, 0.15) is 52.4 Å². The standard InChI is InChI=1S/C14H30N2/c1-4-6-12-16(10-5-2)14-9-7-8-11-15(3)13-14/h14H,4-13H2,1-3H3. The Morgan fingerprint density at radius 1 is 1.12 bits per heavy atom. The Morgan fingerprint density at radius 3 is 2.62 bits per heavy atom. The molecule has 0 aliphatic carbocycles. The molecular weight excluding hydrogens is 196 g/mol. The fourth-order valence-electron chi connectivity index (χ4n) is 2.73. The lowest BCUT2D eigenvalue weighted by Crippen LogP contribution is -2.42. The van der Waals surface area contributed by atoms with Crippen molar-refractivity contribution in [3.8, 4) is 0 Å². The predicted molar refractivity (Wildman–Crippen MR) is 71.9 cm³/mol. The molecule has 1 unspecified atom stereocenters. The second-order valence-corrected chi connectivity index (χ2v) is 5.30. The fourth-order valence-corrected chi connectivity index (χ4v) is 2.73. The Bertz CT molecular complexity index is 170. The molecule has 1 rings (SSSR count). The van der Waals surface area contributed by atoms with Crippen LogP contribution in [0, 0.1) is 0 Å². The van der Waals surface area contributed by atoms with Gasteiger partial charge in [0, 0.05) is 12.6 Å². The van der Waals surface area contributed by atoms with E-state index in [4.69, 9.17) is 0 Å². The molecule has 96 valence electrons. The van der Waals surface area contributed by atoms with Crippen LogP contribution in [0.5, 0.6) is 0 Å². The Morgan fingerprint density at radius 2 is 1.94 bits per heavy atom. The average Bonchev–Trinajstić information content (AvgIpc) is 2.49. The summed E-state index contributed by atoms with van der Waals surface area (Å²) in [4.78, 5) is 5.26. The highest BCUT2D eigenvalue weighted by atomic mass is 15.2. The Labute approximate surface area is 102 Å². The van der Waals surface area contributed by atoms with Crippen molar-refractivity contribution in [1.29, 1.82) is 0 Å². The summed E-state index contributed by atoms with van der Waals surface area (Å²) in [7, 11) is 2.28. The normalized spacial score (nSPS) is 23.6. The number of rotatable bonds is 6. The van der Waals surface area contributed by atoms with E-state index in [0.717, 1.165) is 6.04 Å². The first-order valence-corrected chi connectivity index (χ1v) is 7.20. The third-order valence-electron chi connectivity index (χ3n) is 3.68. The zero-order valence-corrected chi connectivity index (χ0v) is 11.5. The molecule has 0 aromatic rings. The molecule has 0 N–H and O–H groups in total. The molecule has 0 aromatic heterocycles. The summed E-state index contributed by atoms with van der Waals surface area (Å²) in [5.41, 5.74) is 0. The first-order chi connectivity index (χ1) is 7.77. The highest BCUT2D eigenvalue weighted by Gasteiger charge is 2.21. The van der Waals surface area contributed by atoms with Gasteiger partial charge in [-0.15, -0.1) is 0 Å². The molecular formula is C14H30N2. The minimum Gasteiger partial charge on any atom is -0.305 e. The van der Waals surface area contributed by atoms with Crippen LogP contribution in [-0.4, -0.2) is 49.1 Å². The largest absolute Gasteiger partial charge is 0.305 e. The van der Waals surface area contributed by atoms with Gasteiger partial charge in [-0.05, 0) is 52.4 Å². The Kier molecular flexibility index (Phi) is 7.06. The maximum atomic E-state index is 2.74. The van der Waals surface area contributed by atoms with Gasteiger partial charge >= 0.3 is 0 Å². The summed E-state index contributed by atoms with van der Waals surface area (Å²) in [5, 5.41) is 0. The molecule has 0 amide bonds. The number of unbranched alkanes of at least 4 members (excludes halogenated alkanes) is 1. The van der Waals surface area contributed by atoms with E-state index in [9.17, 15) is 0 Å². The Hall–Kier alpha value is -0.0800. The van der Waals surface area contributed by atoms with Crippen LogP contribution in [0.15, 0.2) is 0 Å². The van der Waals surface area contributed by atoms with Gasteiger partial charge in [0.05, 0.1) is 0 Å². The minimum atomic E-state index is 0.819. The number of nitrogens with zero attached hydrogens (tertiary/aromatic N) is 2. The molecule has 0 saturated carbocycles. The molecule has 0 spiro atoms. The molecule has 1 aliphatic heterocycles. The van der Waals surface area contributed by atoms with Gasteiger partial charge in [-0.3, -0.25) is 4.90 Å². The van der Waals surface area contributed by atoms with E-state index in [1.165, 1.54) is 64.7 Å². The van der Waals surface area contributed by atoms with Crippen LogP contribution in [0.3, 0.4) is 0 Å². The summed E-state index contributed by atoms with van der Waals surface area (Å²) in [6.07, 6.45) is 8.20. The first kappa shape index (κ1) is 14.0. The van der Waals surface area contributed by atoms with Gasteiger partial charge in [0.25, 0.3) is 0 Å². The molecule has 2 nitrogen and oxygen atoms in total. The number of hydrogen-bond acceptors (Lipinski definition) is 2. The third kappa shape index (κ3) is 4.84. The number of hydrogen-bond donors (Lipinski definition) is 0. The monoisotopic (exact) mass is 226 g/mol. The molecule has 1 atom stereocenters. The van der Waals surface area contributed by atoms with Crippen molar-refractivity contribution >= 4 is 0 Å². The molecule has 1 aliphatic rings. The average molecular weight is 226 g/mol. The zero-order valence-electron chi connectivity index (χ0n) is 11.5. The summed E-state index contributed by atoms with van der Waals surface area (Å²) < 4.78 is 0. The summed E-state index contributed by atoms with van der Waals surface area (Å²) in [6.45, 7) is 9.78. The topological polar surface area (TPSA) is 6.48 Å². The van der Waals surface area contributed by atoms with Crippen LogP contribution >= 0.6 is 0 Å². The first-order valence-electron chi connectivity index (χ1n) is 7.20. The second-order valence-electron chi connectivity index (χ2n) is 5.30.